The second-order valence-corrected chi connectivity index (χ2v) is 5.25. The molecule has 3 nitrogen and oxygen atoms in total. The number of hydrogen-bond acceptors (Lipinski definition) is 3. The van der Waals surface area contributed by atoms with Gasteiger partial charge in [0.1, 0.15) is 11.3 Å². The summed E-state index contributed by atoms with van der Waals surface area (Å²) in [6, 6.07) is 12.5. The molecule has 0 amide bonds. The number of nitrogens with zero attached hydrogens (tertiary/aromatic N) is 1. The predicted molar refractivity (Wildman–Crippen MR) is 85.1 cm³/mol. The third-order valence-electron chi connectivity index (χ3n) is 3.84. The first-order valence-corrected chi connectivity index (χ1v) is 7.42. The van der Waals surface area contributed by atoms with Gasteiger partial charge in [0.2, 0.25) is 0 Å². The molecule has 0 radical (unpaired) electrons. The standard InChI is InChI=1S/C18H20N2O/c1-3-15-16-6-4-5-7-17(16)21-18(15)13(2)20-12-14-8-10-19-11-9-14/h4-11,13,20H,3,12H2,1-2H3. The number of rotatable bonds is 5. The average Bonchev–Trinajstić information content (AvgIpc) is 2.92. The van der Waals surface area contributed by atoms with Crippen LogP contribution in [0.2, 0.25) is 0 Å². The van der Waals surface area contributed by atoms with Crippen molar-refractivity contribution in [2.24, 2.45) is 0 Å². The number of hydrogen-bond donors (Lipinski definition) is 1. The maximum absolute atomic E-state index is 6.07. The van der Waals surface area contributed by atoms with Crippen LogP contribution in [0.25, 0.3) is 11.0 Å². The molecule has 0 bridgehead atoms. The number of aromatic nitrogens is 1. The monoisotopic (exact) mass is 280 g/mol. The Morgan fingerprint density at radius 2 is 1.90 bits per heavy atom. The molecule has 0 saturated carbocycles. The largest absolute Gasteiger partial charge is 0.459 e. The minimum Gasteiger partial charge on any atom is -0.459 e. The van der Waals surface area contributed by atoms with Gasteiger partial charge in [-0.3, -0.25) is 4.98 Å². The zero-order chi connectivity index (χ0) is 14.7. The summed E-state index contributed by atoms with van der Waals surface area (Å²) in [6.07, 6.45) is 4.62. The maximum atomic E-state index is 6.07. The summed E-state index contributed by atoms with van der Waals surface area (Å²) in [7, 11) is 0. The van der Waals surface area contributed by atoms with Crippen molar-refractivity contribution in [3.05, 3.63) is 65.7 Å². The number of benzene rings is 1. The Bertz CT molecular complexity index is 718. The number of para-hydroxylation sites is 1. The lowest BCUT2D eigenvalue weighted by atomic mass is 10.0. The smallest absolute Gasteiger partial charge is 0.134 e. The van der Waals surface area contributed by atoms with Crippen LogP contribution in [0.1, 0.15) is 36.8 Å². The maximum Gasteiger partial charge on any atom is 0.134 e. The molecule has 0 saturated heterocycles. The van der Waals surface area contributed by atoms with Gasteiger partial charge >= 0.3 is 0 Å². The molecule has 0 spiro atoms. The Kier molecular flexibility index (Phi) is 4.02. The van der Waals surface area contributed by atoms with Crippen LogP contribution >= 0.6 is 0 Å². The van der Waals surface area contributed by atoms with Gasteiger partial charge in [0.15, 0.2) is 0 Å². The molecule has 3 aromatic rings. The zero-order valence-corrected chi connectivity index (χ0v) is 12.5. The van der Waals surface area contributed by atoms with Crippen molar-refractivity contribution in [1.29, 1.82) is 0 Å². The summed E-state index contributed by atoms with van der Waals surface area (Å²) in [4.78, 5) is 4.04. The predicted octanol–water partition coefficient (Wildman–Crippen LogP) is 4.24. The Morgan fingerprint density at radius 3 is 2.67 bits per heavy atom. The summed E-state index contributed by atoms with van der Waals surface area (Å²) in [6.45, 7) is 5.14. The molecule has 0 fully saturated rings. The average molecular weight is 280 g/mol. The Balaban J connectivity index is 1.82. The fraction of sp³-hybridized carbons (Fsp3) is 0.278. The van der Waals surface area contributed by atoms with Crippen molar-refractivity contribution in [3.8, 4) is 0 Å². The fourth-order valence-corrected chi connectivity index (χ4v) is 2.70. The van der Waals surface area contributed by atoms with Crippen LogP contribution in [-0.4, -0.2) is 4.98 Å². The number of fused-ring (bicyclic) bond motifs is 1. The third kappa shape index (κ3) is 2.83. The summed E-state index contributed by atoms with van der Waals surface area (Å²) < 4.78 is 6.07. The molecule has 3 rings (SSSR count). The van der Waals surface area contributed by atoms with E-state index in [1.807, 2.05) is 36.7 Å². The zero-order valence-electron chi connectivity index (χ0n) is 12.5. The molecule has 0 aliphatic carbocycles. The second-order valence-electron chi connectivity index (χ2n) is 5.25. The molecule has 1 aromatic carbocycles. The molecule has 108 valence electrons. The van der Waals surface area contributed by atoms with Crippen LogP contribution in [0.4, 0.5) is 0 Å². The van der Waals surface area contributed by atoms with E-state index in [9.17, 15) is 0 Å². The van der Waals surface area contributed by atoms with Crippen LogP contribution in [-0.2, 0) is 13.0 Å². The van der Waals surface area contributed by atoms with Crippen molar-refractivity contribution < 1.29 is 4.42 Å². The Hall–Kier alpha value is -2.13. The first kappa shape index (κ1) is 13.8. The molecule has 1 N–H and O–H groups in total. The van der Waals surface area contributed by atoms with E-state index in [1.165, 1.54) is 16.5 Å². The number of pyridine rings is 1. The van der Waals surface area contributed by atoms with E-state index >= 15 is 0 Å². The number of aryl methyl sites for hydroxylation is 1. The first-order valence-electron chi connectivity index (χ1n) is 7.42. The Morgan fingerprint density at radius 1 is 1.14 bits per heavy atom. The molecule has 1 atom stereocenters. The lowest BCUT2D eigenvalue weighted by Crippen LogP contribution is -2.18. The van der Waals surface area contributed by atoms with E-state index < -0.39 is 0 Å². The SMILES string of the molecule is CCc1c(C(C)NCc2ccncc2)oc2ccccc12. The highest BCUT2D eigenvalue weighted by Gasteiger charge is 2.17. The molecule has 2 heterocycles. The highest BCUT2D eigenvalue weighted by Crippen LogP contribution is 2.30. The lowest BCUT2D eigenvalue weighted by molar-refractivity contribution is 0.446. The van der Waals surface area contributed by atoms with Crippen molar-refractivity contribution >= 4 is 11.0 Å². The minimum absolute atomic E-state index is 0.181. The quantitative estimate of drug-likeness (QED) is 0.759. The van der Waals surface area contributed by atoms with Gasteiger partial charge in [0.05, 0.1) is 6.04 Å². The van der Waals surface area contributed by atoms with Crippen molar-refractivity contribution in [3.63, 3.8) is 0 Å². The van der Waals surface area contributed by atoms with Crippen molar-refractivity contribution in [1.82, 2.24) is 10.3 Å². The molecular formula is C18H20N2O. The van der Waals surface area contributed by atoms with Crippen LogP contribution < -0.4 is 5.32 Å². The molecule has 3 heteroatoms. The summed E-state index contributed by atoms with van der Waals surface area (Å²) in [5, 5.41) is 4.76. The van der Waals surface area contributed by atoms with E-state index in [-0.39, 0.29) is 6.04 Å². The lowest BCUT2D eigenvalue weighted by Gasteiger charge is -2.13. The molecule has 0 aliphatic rings. The van der Waals surface area contributed by atoms with Gasteiger partial charge in [-0.25, -0.2) is 0 Å². The van der Waals surface area contributed by atoms with Crippen LogP contribution in [0.15, 0.2) is 53.2 Å². The molecule has 21 heavy (non-hydrogen) atoms. The van der Waals surface area contributed by atoms with Crippen LogP contribution in [0, 0.1) is 0 Å². The van der Waals surface area contributed by atoms with Crippen molar-refractivity contribution in [2.45, 2.75) is 32.9 Å². The first-order chi connectivity index (χ1) is 10.3. The van der Waals surface area contributed by atoms with Crippen LogP contribution in [0.5, 0.6) is 0 Å². The van der Waals surface area contributed by atoms with Gasteiger partial charge in [-0.1, -0.05) is 25.1 Å². The van der Waals surface area contributed by atoms with Gasteiger partial charge in [-0.2, -0.15) is 0 Å². The van der Waals surface area contributed by atoms with Crippen molar-refractivity contribution in [2.75, 3.05) is 0 Å². The second kappa shape index (κ2) is 6.10. The van der Waals surface area contributed by atoms with Gasteiger partial charge in [0.25, 0.3) is 0 Å². The molecule has 1 unspecified atom stereocenters. The molecule has 2 aromatic heterocycles. The molecule has 0 aliphatic heterocycles. The summed E-state index contributed by atoms with van der Waals surface area (Å²) >= 11 is 0. The number of nitrogens with one attached hydrogen (secondary N) is 1. The normalized spacial score (nSPS) is 12.7. The fourth-order valence-electron chi connectivity index (χ4n) is 2.70. The van der Waals surface area contributed by atoms with E-state index in [1.54, 1.807) is 0 Å². The highest BCUT2D eigenvalue weighted by molar-refractivity contribution is 5.82. The Labute approximate surface area is 125 Å². The van der Waals surface area contributed by atoms with E-state index in [0.29, 0.717) is 0 Å². The summed E-state index contributed by atoms with van der Waals surface area (Å²) in [5.41, 5.74) is 3.51. The van der Waals surface area contributed by atoms with E-state index in [2.05, 4.69) is 36.3 Å². The summed E-state index contributed by atoms with van der Waals surface area (Å²) in [5.74, 6) is 1.05. The minimum atomic E-state index is 0.181. The third-order valence-corrected chi connectivity index (χ3v) is 3.84. The number of furan rings is 1. The van der Waals surface area contributed by atoms with Gasteiger partial charge < -0.3 is 9.73 Å². The molecular weight excluding hydrogens is 260 g/mol. The van der Waals surface area contributed by atoms with Crippen LogP contribution in [0.3, 0.4) is 0 Å². The van der Waals surface area contributed by atoms with Gasteiger partial charge in [-0.15, -0.1) is 0 Å². The highest BCUT2D eigenvalue weighted by atomic mass is 16.3. The van der Waals surface area contributed by atoms with Gasteiger partial charge in [0, 0.05) is 29.9 Å². The van der Waals surface area contributed by atoms with Gasteiger partial charge in [-0.05, 0) is 37.1 Å². The van der Waals surface area contributed by atoms with E-state index in [0.717, 1.165) is 24.3 Å². The van der Waals surface area contributed by atoms with E-state index in [4.69, 9.17) is 4.42 Å². The topological polar surface area (TPSA) is 38.1 Å².